The zero-order valence-electron chi connectivity index (χ0n) is 11.3. The van der Waals surface area contributed by atoms with E-state index in [0.29, 0.717) is 19.6 Å². The molecular formula is C15H21NO3. The van der Waals surface area contributed by atoms with Crippen molar-refractivity contribution in [2.75, 3.05) is 13.2 Å². The van der Waals surface area contributed by atoms with Crippen LogP contribution < -0.4 is 10.1 Å². The van der Waals surface area contributed by atoms with Crippen LogP contribution in [0.5, 0.6) is 5.75 Å². The monoisotopic (exact) mass is 263 g/mol. The third kappa shape index (κ3) is 4.24. The van der Waals surface area contributed by atoms with E-state index in [1.165, 1.54) is 5.56 Å². The number of amides is 1. The SMILES string of the molecule is Cc1ccc(OCCC(=O)NCC2(O)CCC2)cc1. The van der Waals surface area contributed by atoms with Crippen molar-refractivity contribution < 1.29 is 14.6 Å². The lowest BCUT2D eigenvalue weighted by Crippen LogP contribution is -2.47. The van der Waals surface area contributed by atoms with E-state index < -0.39 is 5.60 Å². The highest BCUT2D eigenvalue weighted by atomic mass is 16.5. The first kappa shape index (κ1) is 13.9. The number of nitrogens with one attached hydrogen (secondary N) is 1. The van der Waals surface area contributed by atoms with Crippen molar-refractivity contribution in [1.29, 1.82) is 0 Å². The van der Waals surface area contributed by atoms with Gasteiger partial charge >= 0.3 is 0 Å². The third-order valence-electron chi connectivity index (χ3n) is 3.52. The molecule has 0 aromatic heterocycles. The Morgan fingerprint density at radius 2 is 2.05 bits per heavy atom. The summed E-state index contributed by atoms with van der Waals surface area (Å²) < 4.78 is 5.48. The molecule has 1 fully saturated rings. The maximum Gasteiger partial charge on any atom is 0.223 e. The molecule has 1 aliphatic carbocycles. The highest BCUT2D eigenvalue weighted by Crippen LogP contribution is 2.30. The van der Waals surface area contributed by atoms with Crippen LogP contribution in [0.3, 0.4) is 0 Å². The highest BCUT2D eigenvalue weighted by molar-refractivity contribution is 5.76. The maximum absolute atomic E-state index is 11.6. The number of aliphatic hydroxyl groups is 1. The summed E-state index contributed by atoms with van der Waals surface area (Å²) in [5.74, 6) is 0.698. The summed E-state index contributed by atoms with van der Waals surface area (Å²) in [5.41, 5.74) is 0.520. The fourth-order valence-electron chi connectivity index (χ4n) is 2.01. The number of ether oxygens (including phenoxy) is 1. The van der Waals surface area contributed by atoms with Gasteiger partial charge < -0.3 is 15.2 Å². The van der Waals surface area contributed by atoms with Gasteiger partial charge in [-0.2, -0.15) is 0 Å². The van der Waals surface area contributed by atoms with E-state index in [0.717, 1.165) is 25.0 Å². The van der Waals surface area contributed by atoms with E-state index in [9.17, 15) is 9.90 Å². The highest BCUT2D eigenvalue weighted by Gasteiger charge is 2.34. The van der Waals surface area contributed by atoms with Crippen molar-refractivity contribution in [2.24, 2.45) is 0 Å². The molecule has 0 unspecified atom stereocenters. The average Bonchev–Trinajstić information content (AvgIpc) is 2.36. The normalized spacial score (nSPS) is 16.5. The summed E-state index contributed by atoms with van der Waals surface area (Å²) in [6.45, 7) is 2.73. The van der Waals surface area contributed by atoms with Crippen molar-refractivity contribution in [1.82, 2.24) is 5.32 Å². The van der Waals surface area contributed by atoms with Gasteiger partial charge in [-0.05, 0) is 38.3 Å². The van der Waals surface area contributed by atoms with Crippen LogP contribution in [0.1, 0.15) is 31.2 Å². The van der Waals surface area contributed by atoms with Gasteiger partial charge in [0.05, 0.1) is 18.6 Å². The van der Waals surface area contributed by atoms with Gasteiger partial charge in [-0.25, -0.2) is 0 Å². The molecule has 1 aliphatic rings. The van der Waals surface area contributed by atoms with E-state index in [1.807, 2.05) is 31.2 Å². The van der Waals surface area contributed by atoms with Gasteiger partial charge in [-0.1, -0.05) is 17.7 Å². The summed E-state index contributed by atoms with van der Waals surface area (Å²) in [4.78, 5) is 11.6. The van der Waals surface area contributed by atoms with Crippen LogP contribution in [0.4, 0.5) is 0 Å². The Kier molecular flexibility index (Phi) is 4.43. The van der Waals surface area contributed by atoms with Gasteiger partial charge in [-0.15, -0.1) is 0 Å². The molecule has 1 amide bonds. The zero-order valence-corrected chi connectivity index (χ0v) is 11.3. The van der Waals surface area contributed by atoms with Crippen molar-refractivity contribution in [3.8, 4) is 5.75 Å². The summed E-state index contributed by atoms with van der Waals surface area (Å²) >= 11 is 0. The summed E-state index contributed by atoms with van der Waals surface area (Å²) in [5, 5.41) is 12.6. The van der Waals surface area contributed by atoms with Gasteiger partial charge in [-0.3, -0.25) is 4.79 Å². The second-order valence-electron chi connectivity index (χ2n) is 5.27. The fourth-order valence-corrected chi connectivity index (χ4v) is 2.01. The van der Waals surface area contributed by atoms with E-state index in [4.69, 9.17) is 4.74 Å². The molecule has 1 aromatic carbocycles. The molecule has 0 heterocycles. The standard InChI is InChI=1S/C15H21NO3/c1-12-3-5-13(6-4-12)19-10-7-14(17)16-11-15(18)8-2-9-15/h3-6,18H,2,7-11H2,1H3,(H,16,17). The minimum Gasteiger partial charge on any atom is -0.493 e. The number of carbonyl (C=O) groups is 1. The van der Waals surface area contributed by atoms with Gasteiger partial charge in [0.15, 0.2) is 0 Å². The molecule has 0 bridgehead atoms. The molecule has 0 aliphatic heterocycles. The molecule has 2 rings (SSSR count). The second-order valence-corrected chi connectivity index (χ2v) is 5.27. The molecule has 1 saturated carbocycles. The van der Waals surface area contributed by atoms with Crippen LogP contribution in [0, 0.1) is 6.92 Å². The average molecular weight is 263 g/mol. The Balaban J connectivity index is 1.62. The topological polar surface area (TPSA) is 58.6 Å². The molecule has 2 N–H and O–H groups in total. The van der Waals surface area contributed by atoms with Crippen LogP contribution in [0.15, 0.2) is 24.3 Å². The van der Waals surface area contributed by atoms with Gasteiger partial charge in [0, 0.05) is 6.54 Å². The number of hydrogen-bond acceptors (Lipinski definition) is 3. The Labute approximate surface area is 113 Å². The Morgan fingerprint density at radius 1 is 1.37 bits per heavy atom. The molecule has 4 heteroatoms. The van der Waals surface area contributed by atoms with Gasteiger partial charge in [0.1, 0.15) is 5.75 Å². The number of carbonyl (C=O) groups excluding carboxylic acids is 1. The first-order valence-electron chi connectivity index (χ1n) is 6.76. The predicted octanol–water partition coefficient (Wildman–Crippen LogP) is 1.80. The Morgan fingerprint density at radius 3 is 2.63 bits per heavy atom. The number of hydrogen-bond donors (Lipinski definition) is 2. The van der Waals surface area contributed by atoms with Crippen molar-refractivity contribution in [3.05, 3.63) is 29.8 Å². The molecular weight excluding hydrogens is 242 g/mol. The van der Waals surface area contributed by atoms with E-state index in [1.54, 1.807) is 0 Å². The molecule has 0 saturated heterocycles. The Hall–Kier alpha value is -1.55. The van der Waals surface area contributed by atoms with Crippen LogP contribution >= 0.6 is 0 Å². The predicted molar refractivity (Wildman–Crippen MR) is 73.1 cm³/mol. The molecule has 19 heavy (non-hydrogen) atoms. The fraction of sp³-hybridized carbons (Fsp3) is 0.533. The first-order valence-corrected chi connectivity index (χ1v) is 6.76. The molecule has 4 nitrogen and oxygen atoms in total. The zero-order chi connectivity index (χ0) is 13.7. The number of rotatable bonds is 6. The minimum atomic E-state index is -0.659. The molecule has 0 atom stereocenters. The van der Waals surface area contributed by atoms with Crippen molar-refractivity contribution in [2.45, 2.75) is 38.2 Å². The van der Waals surface area contributed by atoms with E-state index in [-0.39, 0.29) is 5.91 Å². The van der Waals surface area contributed by atoms with Gasteiger partial charge in [0.2, 0.25) is 5.91 Å². The van der Waals surface area contributed by atoms with Crippen LogP contribution in [0.25, 0.3) is 0 Å². The molecule has 1 aromatic rings. The molecule has 0 spiro atoms. The Bertz CT molecular complexity index is 424. The maximum atomic E-state index is 11.6. The largest absolute Gasteiger partial charge is 0.493 e. The van der Waals surface area contributed by atoms with Crippen molar-refractivity contribution in [3.63, 3.8) is 0 Å². The quantitative estimate of drug-likeness (QED) is 0.822. The first-order chi connectivity index (χ1) is 9.07. The lowest BCUT2D eigenvalue weighted by atomic mass is 9.80. The summed E-state index contributed by atoms with van der Waals surface area (Å²) in [6.07, 6.45) is 2.92. The van der Waals surface area contributed by atoms with Crippen molar-refractivity contribution >= 4 is 5.91 Å². The van der Waals surface area contributed by atoms with E-state index in [2.05, 4.69) is 5.32 Å². The van der Waals surface area contributed by atoms with Gasteiger partial charge in [0.25, 0.3) is 0 Å². The summed E-state index contributed by atoms with van der Waals surface area (Å²) in [7, 11) is 0. The molecule has 104 valence electrons. The smallest absolute Gasteiger partial charge is 0.223 e. The minimum absolute atomic E-state index is 0.0764. The van der Waals surface area contributed by atoms with Crippen LogP contribution in [0.2, 0.25) is 0 Å². The lowest BCUT2D eigenvalue weighted by Gasteiger charge is -2.36. The second kappa shape index (κ2) is 6.06. The summed E-state index contributed by atoms with van der Waals surface area (Å²) in [6, 6.07) is 7.73. The van der Waals surface area contributed by atoms with E-state index >= 15 is 0 Å². The lowest BCUT2D eigenvalue weighted by molar-refractivity contribution is -0.124. The van der Waals surface area contributed by atoms with Crippen LogP contribution in [-0.2, 0) is 4.79 Å². The molecule has 0 radical (unpaired) electrons. The van der Waals surface area contributed by atoms with Crippen LogP contribution in [-0.4, -0.2) is 29.8 Å². The number of aryl methyl sites for hydroxylation is 1. The third-order valence-corrected chi connectivity index (χ3v) is 3.52. The number of benzene rings is 1.